The van der Waals surface area contributed by atoms with E-state index in [1.807, 2.05) is 0 Å². The standard InChI is InChI=1S/C19H36N2/c1-17(2)15-20-16-19-10-13-21(14-11-19)12-9-18-7-5-3-4-6-8-18/h18-20H,1,3-16H2,2H3. The van der Waals surface area contributed by atoms with Crippen LogP contribution in [0.4, 0.5) is 0 Å². The maximum atomic E-state index is 3.95. The highest BCUT2D eigenvalue weighted by Crippen LogP contribution is 2.26. The Kier molecular flexibility index (Phi) is 7.81. The van der Waals surface area contributed by atoms with E-state index in [0.29, 0.717) is 0 Å². The van der Waals surface area contributed by atoms with E-state index in [2.05, 4.69) is 23.7 Å². The molecular formula is C19H36N2. The molecule has 0 radical (unpaired) electrons. The molecule has 0 spiro atoms. The summed E-state index contributed by atoms with van der Waals surface area (Å²) in [5.74, 6) is 1.92. The zero-order chi connectivity index (χ0) is 14.9. The molecule has 1 aliphatic carbocycles. The Morgan fingerprint density at radius 2 is 1.67 bits per heavy atom. The SMILES string of the molecule is C=C(C)CNCC1CCN(CCC2CCCCCC2)CC1. The van der Waals surface area contributed by atoms with Gasteiger partial charge in [-0.15, -0.1) is 0 Å². The first kappa shape index (κ1) is 17.0. The van der Waals surface area contributed by atoms with Gasteiger partial charge < -0.3 is 10.2 Å². The second kappa shape index (κ2) is 9.63. The average Bonchev–Trinajstić information content (AvgIpc) is 2.75. The van der Waals surface area contributed by atoms with Gasteiger partial charge in [-0.3, -0.25) is 0 Å². The van der Waals surface area contributed by atoms with Crippen molar-refractivity contribution in [1.29, 1.82) is 0 Å². The van der Waals surface area contributed by atoms with Crippen molar-refractivity contribution in [2.45, 2.75) is 64.7 Å². The number of hydrogen-bond acceptors (Lipinski definition) is 2. The third-order valence-corrected chi connectivity index (χ3v) is 5.40. The first-order chi connectivity index (χ1) is 10.2. The molecule has 1 saturated heterocycles. The summed E-state index contributed by atoms with van der Waals surface area (Å²) in [6.45, 7) is 12.2. The smallest absolute Gasteiger partial charge is 0.0159 e. The summed E-state index contributed by atoms with van der Waals surface area (Å²) in [5, 5.41) is 3.54. The van der Waals surface area contributed by atoms with Gasteiger partial charge in [0.05, 0.1) is 0 Å². The van der Waals surface area contributed by atoms with E-state index in [1.54, 1.807) is 0 Å². The van der Waals surface area contributed by atoms with E-state index in [4.69, 9.17) is 0 Å². The van der Waals surface area contributed by atoms with Crippen LogP contribution in [0.15, 0.2) is 12.2 Å². The Balaban J connectivity index is 1.55. The molecule has 1 aliphatic heterocycles. The molecule has 2 fully saturated rings. The van der Waals surface area contributed by atoms with E-state index in [1.165, 1.54) is 89.5 Å². The maximum absolute atomic E-state index is 3.95. The average molecular weight is 293 g/mol. The molecular weight excluding hydrogens is 256 g/mol. The Hall–Kier alpha value is -0.340. The molecule has 0 aromatic heterocycles. The minimum atomic E-state index is 0.887. The van der Waals surface area contributed by atoms with Gasteiger partial charge in [-0.25, -0.2) is 0 Å². The fourth-order valence-corrected chi connectivity index (χ4v) is 3.92. The molecule has 2 nitrogen and oxygen atoms in total. The second-order valence-corrected chi connectivity index (χ2v) is 7.52. The lowest BCUT2D eigenvalue weighted by Crippen LogP contribution is -2.38. The van der Waals surface area contributed by atoms with Gasteiger partial charge in [0.1, 0.15) is 0 Å². The van der Waals surface area contributed by atoms with E-state index in [9.17, 15) is 0 Å². The van der Waals surface area contributed by atoms with Crippen molar-refractivity contribution in [3.8, 4) is 0 Å². The third kappa shape index (κ3) is 6.97. The predicted molar refractivity (Wildman–Crippen MR) is 92.7 cm³/mol. The molecule has 0 atom stereocenters. The van der Waals surface area contributed by atoms with Gasteiger partial charge in [0.2, 0.25) is 0 Å². The highest BCUT2D eigenvalue weighted by molar-refractivity contribution is 4.90. The molecule has 21 heavy (non-hydrogen) atoms. The van der Waals surface area contributed by atoms with Crippen LogP contribution >= 0.6 is 0 Å². The summed E-state index contributed by atoms with van der Waals surface area (Å²) in [6.07, 6.45) is 13.2. The topological polar surface area (TPSA) is 15.3 Å². The Morgan fingerprint density at radius 3 is 2.29 bits per heavy atom. The lowest BCUT2D eigenvalue weighted by atomic mass is 9.94. The van der Waals surface area contributed by atoms with Crippen LogP contribution in [0.25, 0.3) is 0 Å². The van der Waals surface area contributed by atoms with Crippen molar-refractivity contribution in [2.75, 3.05) is 32.7 Å². The molecule has 0 aromatic rings. The zero-order valence-corrected chi connectivity index (χ0v) is 14.2. The Bertz CT molecular complexity index is 284. The van der Waals surface area contributed by atoms with Crippen molar-refractivity contribution < 1.29 is 0 Å². The predicted octanol–water partition coefficient (Wildman–Crippen LogP) is 4.22. The first-order valence-electron chi connectivity index (χ1n) is 9.31. The first-order valence-corrected chi connectivity index (χ1v) is 9.31. The van der Waals surface area contributed by atoms with E-state index < -0.39 is 0 Å². The fraction of sp³-hybridized carbons (Fsp3) is 0.895. The molecule has 0 amide bonds. The molecule has 0 bridgehead atoms. The van der Waals surface area contributed by atoms with Crippen LogP contribution in [0.5, 0.6) is 0 Å². The summed E-state index contributed by atoms with van der Waals surface area (Å²) in [6, 6.07) is 0. The highest BCUT2D eigenvalue weighted by atomic mass is 15.1. The number of hydrogen-bond donors (Lipinski definition) is 1. The van der Waals surface area contributed by atoms with E-state index in [-0.39, 0.29) is 0 Å². The number of piperidine rings is 1. The van der Waals surface area contributed by atoms with Gasteiger partial charge in [-0.1, -0.05) is 50.7 Å². The van der Waals surface area contributed by atoms with E-state index >= 15 is 0 Å². The molecule has 122 valence electrons. The van der Waals surface area contributed by atoms with Crippen molar-refractivity contribution in [2.24, 2.45) is 11.8 Å². The van der Waals surface area contributed by atoms with Crippen molar-refractivity contribution in [1.82, 2.24) is 10.2 Å². The summed E-state index contributed by atoms with van der Waals surface area (Å²) in [4.78, 5) is 2.72. The number of nitrogens with one attached hydrogen (secondary N) is 1. The number of likely N-dealkylation sites (tertiary alicyclic amines) is 1. The fourth-order valence-electron chi connectivity index (χ4n) is 3.92. The summed E-state index contributed by atoms with van der Waals surface area (Å²) in [5.41, 5.74) is 1.25. The van der Waals surface area contributed by atoms with Gasteiger partial charge in [0.25, 0.3) is 0 Å². The molecule has 0 aromatic carbocycles. The zero-order valence-electron chi connectivity index (χ0n) is 14.2. The molecule has 2 rings (SSSR count). The van der Waals surface area contributed by atoms with Gasteiger partial charge in [0, 0.05) is 6.54 Å². The molecule has 2 aliphatic rings. The van der Waals surface area contributed by atoms with Crippen LogP contribution in [0.3, 0.4) is 0 Å². The van der Waals surface area contributed by atoms with Crippen LogP contribution in [-0.4, -0.2) is 37.6 Å². The second-order valence-electron chi connectivity index (χ2n) is 7.52. The van der Waals surface area contributed by atoms with Crippen LogP contribution < -0.4 is 5.32 Å². The quantitative estimate of drug-likeness (QED) is 0.558. The van der Waals surface area contributed by atoms with Crippen LogP contribution in [0, 0.1) is 11.8 Å². The van der Waals surface area contributed by atoms with Crippen LogP contribution in [-0.2, 0) is 0 Å². The van der Waals surface area contributed by atoms with Crippen molar-refractivity contribution >= 4 is 0 Å². The minimum absolute atomic E-state index is 0.887. The van der Waals surface area contributed by atoms with Crippen LogP contribution in [0.1, 0.15) is 64.7 Å². The normalized spacial score (nSPS) is 23.1. The lowest BCUT2D eigenvalue weighted by molar-refractivity contribution is 0.170. The molecule has 2 heteroatoms. The Labute approximate surface area is 132 Å². The van der Waals surface area contributed by atoms with Gasteiger partial charge in [-0.2, -0.15) is 0 Å². The number of rotatable bonds is 7. The summed E-state index contributed by atoms with van der Waals surface area (Å²) < 4.78 is 0. The molecule has 1 heterocycles. The van der Waals surface area contributed by atoms with Gasteiger partial charge >= 0.3 is 0 Å². The molecule has 1 saturated carbocycles. The molecule has 0 unspecified atom stereocenters. The summed E-state index contributed by atoms with van der Waals surface area (Å²) in [7, 11) is 0. The highest BCUT2D eigenvalue weighted by Gasteiger charge is 2.20. The van der Waals surface area contributed by atoms with Crippen molar-refractivity contribution in [3.05, 3.63) is 12.2 Å². The third-order valence-electron chi connectivity index (χ3n) is 5.40. The Morgan fingerprint density at radius 1 is 1.00 bits per heavy atom. The maximum Gasteiger partial charge on any atom is 0.0159 e. The van der Waals surface area contributed by atoms with Crippen LogP contribution in [0.2, 0.25) is 0 Å². The minimum Gasteiger partial charge on any atom is -0.313 e. The van der Waals surface area contributed by atoms with E-state index in [0.717, 1.165) is 18.4 Å². The van der Waals surface area contributed by atoms with Crippen molar-refractivity contribution in [3.63, 3.8) is 0 Å². The number of nitrogens with zero attached hydrogens (tertiary/aromatic N) is 1. The van der Waals surface area contributed by atoms with Gasteiger partial charge in [0.15, 0.2) is 0 Å². The largest absolute Gasteiger partial charge is 0.313 e. The monoisotopic (exact) mass is 292 g/mol. The van der Waals surface area contributed by atoms with Gasteiger partial charge in [-0.05, 0) is 64.2 Å². The lowest BCUT2D eigenvalue weighted by Gasteiger charge is -2.33. The summed E-state index contributed by atoms with van der Waals surface area (Å²) >= 11 is 0. The molecule has 1 N–H and O–H groups in total.